The fraction of sp³-hybridized carbons (Fsp3) is 0.519. The maximum absolute atomic E-state index is 15.6. The number of allylic oxidation sites excluding steroid dienone is 1. The molecule has 10 nitrogen and oxygen atoms in total. The van der Waals surface area contributed by atoms with Crippen molar-refractivity contribution in [2.45, 2.75) is 52.7 Å². The second-order valence-corrected chi connectivity index (χ2v) is 10.5. The average molecular weight is 546 g/mol. The molecule has 12 heteroatoms. The van der Waals surface area contributed by atoms with Crippen LogP contribution in [-0.2, 0) is 14.2 Å². The van der Waals surface area contributed by atoms with Crippen molar-refractivity contribution in [1.82, 2.24) is 15.0 Å². The topological polar surface area (TPSA) is 112 Å². The molecule has 0 aliphatic carbocycles. The molecule has 0 N–H and O–H groups in total. The first-order valence-electron chi connectivity index (χ1n) is 12.8. The summed E-state index contributed by atoms with van der Waals surface area (Å²) in [7, 11) is 0. The van der Waals surface area contributed by atoms with E-state index in [0.717, 1.165) is 0 Å². The lowest BCUT2D eigenvalue weighted by Crippen LogP contribution is -2.58. The van der Waals surface area contributed by atoms with E-state index >= 15 is 4.39 Å². The molecule has 0 saturated carbocycles. The third-order valence-electron chi connectivity index (χ3n) is 6.31. The number of carbonyl (C=O) groups excluding carboxylic acids is 1. The molecular formula is C27H33F2N5O5. The van der Waals surface area contributed by atoms with E-state index in [2.05, 4.69) is 26.8 Å². The Balaban J connectivity index is 1.53. The second-order valence-electron chi connectivity index (χ2n) is 10.5. The molecule has 1 amide bonds. The number of carbonyl (C=O) groups is 1. The number of hydrogen-bond acceptors (Lipinski definition) is 9. The van der Waals surface area contributed by atoms with Gasteiger partial charge in [-0.1, -0.05) is 12.1 Å². The molecule has 39 heavy (non-hydrogen) atoms. The Bertz CT molecular complexity index is 1270. The van der Waals surface area contributed by atoms with Crippen LogP contribution in [0.25, 0.3) is 11.4 Å². The van der Waals surface area contributed by atoms with Crippen molar-refractivity contribution in [3.8, 4) is 11.4 Å². The third-order valence-corrected chi connectivity index (χ3v) is 6.31. The van der Waals surface area contributed by atoms with Gasteiger partial charge in [-0.05, 0) is 52.1 Å². The van der Waals surface area contributed by atoms with Crippen molar-refractivity contribution in [2.75, 3.05) is 26.3 Å². The normalized spacial score (nSPS) is 22.3. The van der Waals surface area contributed by atoms with Gasteiger partial charge in [0.05, 0.1) is 24.6 Å². The first-order chi connectivity index (χ1) is 18.5. The summed E-state index contributed by atoms with van der Waals surface area (Å²) < 4.78 is 52.7. The van der Waals surface area contributed by atoms with Crippen molar-refractivity contribution in [1.29, 1.82) is 0 Å². The Labute approximate surface area is 225 Å². The van der Waals surface area contributed by atoms with Crippen molar-refractivity contribution < 1.29 is 32.3 Å². The molecule has 210 valence electrons. The average Bonchev–Trinajstić information content (AvgIpc) is 3.31. The summed E-state index contributed by atoms with van der Waals surface area (Å²) in [5.41, 5.74) is -0.332. The van der Waals surface area contributed by atoms with Crippen LogP contribution in [0, 0.1) is 24.6 Å². The molecule has 0 radical (unpaired) electrons. The van der Waals surface area contributed by atoms with E-state index in [0.29, 0.717) is 37.8 Å². The Kier molecular flexibility index (Phi) is 8.43. The van der Waals surface area contributed by atoms with Gasteiger partial charge in [0.1, 0.15) is 17.5 Å². The molecule has 3 heterocycles. The Morgan fingerprint density at radius 1 is 1.26 bits per heavy atom. The summed E-state index contributed by atoms with van der Waals surface area (Å²) in [5, 5.41) is 3.78. The fourth-order valence-electron chi connectivity index (χ4n) is 4.56. The minimum absolute atomic E-state index is 0.0490. The minimum Gasteiger partial charge on any atom is -0.471 e. The number of aliphatic imine (C=N–C) groups is 2. The van der Waals surface area contributed by atoms with Crippen LogP contribution in [0.15, 0.2) is 44.4 Å². The molecule has 4 rings (SSSR count). The Morgan fingerprint density at radius 2 is 1.95 bits per heavy atom. The van der Waals surface area contributed by atoms with Gasteiger partial charge in [0.15, 0.2) is 0 Å². The van der Waals surface area contributed by atoms with Gasteiger partial charge < -0.3 is 23.6 Å². The Morgan fingerprint density at radius 3 is 2.49 bits per heavy atom. The highest BCUT2D eigenvalue weighted by Gasteiger charge is 2.45. The van der Waals surface area contributed by atoms with Gasteiger partial charge in [0.25, 0.3) is 5.88 Å². The van der Waals surface area contributed by atoms with Gasteiger partial charge in [-0.2, -0.15) is 9.37 Å². The lowest BCUT2D eigenvalue weighted by molar-refractivity contribution is -0.132. The summed E-state index contributed by atoms with van der Waals surface area (Å²) in [6.07, 6.45) is -0.729. The Hall–Kier alpha value is -3.67. The van der Waals surface area contributed by atoms with Crippen LogP contribution in [0.3, 0.4) is 0 Å². The molecule has 2 aromatic rings. The summed E-state index contributed by atoms with van der Waals surface area (Å²) >= 11 is 0. The molecule has 2 aliphatic heterocycles. The number of halogens is 2. The number of benzene rings is 1. The zero-order valence-corrected chi connectivity index (χ0v) is 22.7. The van der Waals surface area contributed by atoms with E-state index in [4.69, 9.17) is 18.7 Å². The third kappa shape index (κ3) is 6.67. The van der Waals surface area contributed by atoms with E-state index in [1.54, 1.807) is 24.8 Å². The quantitative estimate of drug-likeness (QED) is 0.338. The van der Waals surface area contributed by atoms with Crippen LogP contribution >= 0.6 is 0 Å². The van der Waals surface area contributed by atoms with Crippen LogP contribution in [0.5, 0.6) is 0 Å². The van der Waals surface area contributed by atoms with Gasteiger partial charge in [0.2, 0.25) is 17.5 Å². The molecule has 2 fully saturated rings. The maximum Gasteiger partial charge on any atom is 0.410 e. The van der Waals surface area contributed by atoms with Gasteiger partial charge in [-0.15, -0.1) is 0 Å². The highest BCUT2D eigenvalue weighted by Crippen LogP contribution is 2.34. The van der Waals surface area contributed by atoms with Crippen molar-refractivity contribution in [3.63, 3.8) is 0 Å². The molecule has 2 aliphatic rings. The standard InChI is InChI=1S/C27H33F2N5O5/c1-7-20(32-21-9-8-16(10-19(21)28)24-31-15(2)39-33-24)22(29)25(30-6)37-23-17-11-34(12-18(23)14-36-13-17)26(35)38-27(3,4)5/h8-10,17-18,23H,6-7,11-14H2,1-5H3. The number of aryl methyl sites for hydroxylation is 1. The monoisotopic (exact) mass is 545 g/mol. The number of hydrogen-bond donors (Lipinski definition) is 0. The first kappa shape index (κ1) is 28.3. The molecule has 1 aromatic heterocycles. The summed E-state index contributed by atoms with van der Waals surface area (Å²) in [6, 6.07) is 4.19. The predicted molar refractivity (Wildman–Crippen MR) is 140 cm³/mol. The van der Waals surface area contributed by atoms with Crippen LogP contribution in [0.1, 0.15) is 40.0 Å². The van der Waals surface area contributed by atoms with Crippen LogP contribution in [-0.4, -0.2) is 71.6 Å². The number of amides is 1. The largest absolute Gasteiger partial charge is 0.471 e. The molecular weight excluding hydrogens is 512 g/mol. The summed E-state index contributed by atoms with van der Waals surface area (Å²) in [6.45, 7) is 13.5. The number of nitrogens with zero attached hydrogens (tertiary/aromatic N) is 5. The molecule has 2 unspecified atom stereocenters. The first-order valence-corrected chi connectivity index (χ1v) is 12.8. The van der Waals surface area contributed by atoms with E-state index in [1.165, 1.54) is 12.1 Å². The van der Waals surface area contributed by atoms with E-state index < -0.39 is 29.4 Å². The number of likely N-dealkylation sites (tertiary alicyclic amines) is 1. The minimum atomic E-state index is -0.835. The molecule has 2 bridgehead atoms. The molecule has 2 saturated heterocycles. The number of piperidine rings is 1. The predicted octanol–water partition coefficient (Wildman–Crippen LogP) is 5.40. The summed E-state index contributed by atoms with van der Waals surface area (Å²) in [4.78, 5) is 26.3. The van der Waals surface area contributed by atoms with Crippen LogP contribution in [0.4, 0.5) is 19.3 Å². The number of fused-ring (bicyclic) bond motifs is 2. The fourth-order valence-corrected chi connectivity index (χ4v) is 4.56. The lowest BCUT2D eigenvalue weighted by Gasteiger charge is -2.46. The summed E-state index contributed by atoms with van der Waals surface area (Å²) in [5.74, 6) is -1.71. The molecule has 0 spiro atoms. The van der Waals surface area contributed by atoms with Gasteiger partial charge in [0, 0.05) is 37.4 Å². The second kappa shape index (κ2) is 11.6. The van der Waals surface area contributed by atoms with Crippen LogP contribution in [0.2, 0.25) is 0 Å². The number of aromatic nitrogens is 2. The zero-order valence-electron chi connectivity index (χ0n) is 22.7. The number of rotatable bonds is 7. The molecule has 1 aromatic carbocycles. The van der Waals surface area contributed by atoms with E-state index in [1.807, 2.05) is 20.8 Å². The van der Waals surface area contributed by atoms with E-state index in [9.17, 15) is 9.18 Å². The lowest BCUT2D eigenvalue weighted by atomic mass is 9.84. The van der Waals surface area contributed by atoms with Crippen molar-refractivity contribution in [2.24, 2.45) is 21.8 Å². The maximum atomic E-state index is 15.6. The molecule has 2 atom stereocenters. The highest BCUT2D eigenvalue weighted by molar-refractivity contribution is 6.00. The highest BCUT2D eigenvalue weighted by atomic mass is 19.1. The van der Waals surface area contributed by atoms with Crippen molar-refractivity contribution >= 4 is 24.2 Å². The van der Waals surface area contributed by atoms with E-state index in [-0.39, 0.29) is 41.4 Å². The van der Waals surface area contributed by atoms with Gasteiger partial charge >= 0.3 is 6.09 Å². The van der Waals surface area contributed by atoms with Crippen molar-refractivity contribution in [3.05, 3.63) is 41.6 Å². The number of ether oxygens (including phenoxy) is 3. The SMILES string of the molecule is C=NC(OC1C2COCC1CN(C(=O)OC(C)(C)C)C2)=C(F)C(CC)=Nc1ccc(-c2noc(C)n2)cc1F. The van der Waals surface area contributed by atoms with Crippen LogP contribution < -0.4 is 0 Å². The zero-order chi connectivity index (χ0) is 28.3. The van der Waals surface area contributed by atoms with Gasteiger partial charge in [-0.25, -0.2) is 19.2 Å². The van der Waals surface area contributed by atoms with Gasteiger partial charge in [-0.3, -0.25) is 0 Å². The smallest absolute Gasteiger partial charge is 0.410 e.